The Bertz CT molecular complexity index is 1240. The molecule has 0 radical (unpaired) electrons. The first-order chi connectivity index (χ1) is 16.5. The Labute approximate surface area is 199 Å². The predicted molar refractivity (Wildman–Crippen MR) is 134 cm³/mol. The molecule has 0 aliphatic heterocycles. The van der Waals surface area contributed by atoms with E-state index in [1.165, 1.54) is 19.2 Å². The minimum atomic E-state index is 0.395. The molecule has 0 atom stereocenters. The van der Waals surface area contributed by atoms with Crippen molar-refractivity contribution >= 4 is 23.0 Å². The highest BCUT2D eigenvalue weighted by molar-refractivity contribution is 5.67. The Morgan fingerprint density at radius 2 is 1.68 bits per heavy atom. The summed E-state index contributed by atoms with van der Waals surface area (Å²) in [6.07, 6.45) is 15.3. The summed E-state index contributed by atoms with van der Waals surface area (Å²) in [7, 11) is 0. The molecule has 4 aromatic heterocycles. The van der Waals surface area contributed by atoms with E-state index in [1.807, 2.05) is 42.0 Å². The number of aromatic nitrogens is 6. The van der Waals surface area contributed by atoms with Crippen molar-refractivity contribution in [3.05, 3.63) is 55.0 Å². The van der Waals surface area contributed by atoms with Crippen LogP contribution in [-0.4, -0.2) is 47.4 Å². The van der Waals surface area contributed by atoms with Gasteiger partial charge in [-0.15, -0.1) is 0 Å². The van der Waals surface area contributed by atoms with Gasteiger partial charge in [0.1, 0.15) is 12.0 Å². The molecule has 0 unspecified atom stereocenters. The topological polar surface area (TPSA) is 105 Å². The zero-order valence-corrected chi connectivity index (χ0v) is 19.9. The fourth-order valence-corrected chi connectivity index (χ4v) is 4.59. The number of hydrogen-bond acceptors (Lipinski definition) is 8. The number of rotatable bonds is 7. The molecular formula is C25H31N9. The molecule has 0 bridgehead atoms. The second-order valence-electron chi connectivity index (χ2n) is 9.28. The van der Waals surface area contributed by atoms with Gasteiger partial charge in [0.2, 0.25) is 5.95 Å². The molecule has 34 heavy (non-hydrogen) atoms. The first-order valence-corrected chi connectivity index (χ1v) is 11.9. The molecule has 3 N–H and O–H groups in total. The summed E-state index contributed by atoms with van der Waals surface area (Å²) in [5.41, 5.74) is 5.40. The van der Waals surface area contributed by atoms with Crippen molar-refractivity contribution in [3.8, 4) is 11.4 Å². The second kappa shape index (κ2) is 9.72. The zero-order chi connectivity index (χ0) is 23.5. The molecule has 9 nitrogen and oxygen atoms in total. The molecule has 1 aliphatic carbocycles. The van der Waals surface area contributed by atoms with E-state index in [0.29, 0.717) is 24.1 Å². The Hall–Kier alpha value is -3.59. The number of fused-ring (bicyclic) bond motifs is 1. The zero-order valence-electron chi connectivity index (χ0n) is 19.9. The SMILES string of the molecule is Cc1cnc(NC2CCC(NC(C)C)CC2)nc1-c1cnc2ccc(Nc3cncnc3)cn12. The lowest BCUT2D eigenvalue weighted by Crippen LogP contribution is -2.40. The van der Waals surface area contributed by atoms with Crippen LogP contribution in [0.15, 0.2) is 49.4 Å². The normalized spacial score (nSPS) is 18.4. The lowest BCUT2D eigenvalue weighted by Gasteiger charge is -2.31. The van der Waals surface area contributed by atoms with Crippen molar-refractivity contribution in [3.63, 3.8) is 0 Å². The fraction of sp³-hybridized carbons (Fsp3) is 0.400. The molecule has 176 valence electrons. The van der Waals surface area contributed by atoms with Crippen LogP contribution in [0.5, 0.6) is 0 Å². The van der Waals surface area contributed by atoms with Gasteiger partial charge in [-0.2, -0.15) is 0 Å². The molecule has 4 heterocycles. The van der Waals surface area contributed by atoms with Crippen LogP contribution in [0.3, 0.4) is 0 Å². The van der Waals surface area contributed by atoms with Crippen LogP contribution in [0.1, 0.15) is 45.1 Å². The summed E-state index contributed by atoms with van der Waals surface area (Å²) in [4.78, 5) is 22.2. The molecular weight excluding hydrogens is 426 g/mol. The van der Waals surface area contributed by atoms with Gasteiger partial charge in [0.25, 0.3) is 0 Å². The maximum absolute atomic E-state index is 4.90. The van der Waals surface area contributed by atoms with Crippen LogP contribution in [-0.2, 0) is 0 Å². The molecule has 0 aromatic carbocycles. The van der Waals surface area contributed by atoms with Crippen LogP contribution >= 0.6 is 0 Å². The van der Waals surface area contributed by atoms with Gasteiger partial charge in [-0.25, -0.2) is 24.9 Å². The van der Waals surface area contributed by atoms with Crippen molar-refractivity contribution in [2.75, 3.05) is 10.6 Å². The lowest BCUT2D eigenvalue weighted by atomic mass is 9.91. The molecule has 0 spiro atoms. The molecule has 0 saturated heterocycles. The van der Waals surface area contributed by atoms with E-state index in [-0.39, 0.29) is 0 Å². The van der Waals surface area contributed by atoms with Gasteiger partial charge in [-0.05, 0) is 50.3 Å². The van der Waals surface area contributed by atoms with Crippen LogP contribution in [0.4, 0.5) is 17.3 Å². The van der Waals surface area contributed by atoms with Crippen LogP contribution in [0.25, 0.3) is 17.0 Å². The van der Waals surface area contributed by atoms with Crippen molar-refractivity contribution in [2.45, 2.75) is 64.6 Å². The van der Waals surface area contributed by atoms with Gasteiger partial charge in [0.05, 0.1) is 41.4 Å². The molecule has 1 saturated carbocycles. The summed E-state index contributed by atoms with van der Waals surface area (Å²) in [5.74, 6) is 0.673. The van der Waals surface area contributed by atoms with Gasteiger partial charge < -0.3 is 16.0 Å². The molecule has 9 heteroatoms. The van der Waals surface area contributed by atoms with Gasteiger partial charge in [0, 0.05) is 30.5 Å². The molecule has 5 rings (SSSR count). The third-order valence-electron chi connectivity index (χ3n) is 6.20. The minimum absolute atomic E-state index is 0.395. The number of nitrogens with one attached hydrogen (secondary N) is 3. The Morgan fingerprint density at radius 3 is 2.44 bits per heavy atom. The third kappa shape index (κ3) is 4.99. The Morgan fingerprint density at radius 1 is 0.912 bits per heavy atom. The first-order valence-electron chi connectivity index (χ1n) is 11.9. The van der Waals surface area contributed by atoms with Crippen LogP contribution < -0.4 is 16.0 Å². The maximum atomic E-state index is 4.90. The Balaban J connectivity index is 1.36. The second-order valence-corrected chi connectivity index (χ2v) is 9.28. The summed E-state index contributed by atoms with van der Waals surface area (Å²) < 4.78 is 2.05. The summed E-state index contributed by atoms with van der Waals surface area (Å²) >= 11 is 0. The van der Waals surface area contributed by atoms with Crippen molar-refractivity contribution in [1.82, 2.24) is 34.6 Å². The summed E-state index contributed by atoms with van der Waals surface area (Å²) in [6.45, 7) is 6.45. The standard InChI is InChI=1S/C25H31N9/c1-16(2)30-18-4-6-19(7-5-18)32-25-29-10-17(3)24(33-25)22-13-28-23-9-8-20(14-34(22)23)31-21-11-26-15-27-12-21/h8-16,18-19,30-31H,4-7H2,1-3H3,(H,29,32,33). The quantitative estimate of drug-likeness (QED) is 0.376. The number of hydrogen-bond donors (Lipinski definition) is 3. The van der Waals surface area contributed by atoms with E-state index in [9.17, 15) is 0 Å². The maximum Gasteiger partial charge on any atom is 0.223 e. The number of aryl methyl sites for hydroxylation is 1. The van der Waals surface area contributed by atoms with Crippen LogP contribution in [0, 0.1) is 6.92 Å². The highest BCUT2D eigenvalue weighted by Gasteiger charge is 2.22. The number of anilines is 3. The molecule has 1 aliphatic rings. The van der Waals surface area contributed by atoms with Gasteiger partial charge in [-0.1, -0.05) is 13.8 Å². The minimum Gasteiger partial charge on any atom is -0.352 e. The predicted octanol–water partition coefficient (Wildman–Crippen LogP) is 4.35. The number of imidazole rings is 1. The number of nitrogens with zero attached hydrogens (tertiary/aromatic N) is 6. The lowest BCUT2D eigenvalue weighted by molar-refractivity contribution is 0.335. The molecule has 4 aromatic rings. The van der Waals surface area contributed by atoms with Crippen molar-refractivity contribution < 1.29 is 0 Å². The number of pyridine rings is 1. The monoisotopic (exact) mass is 457 g/mol. The molecule has 1 fully saturated rings. The van der Waals surface area contributed by atoms with E-state index in [2.05, 4.69) is 49.7 Å². The highest BCUT2D eigenvalue weighted by Crippen LogP contribution is 2.27. The fourth-order valence-electron chi connectivity index (χ4n) is 4.59. The summed E-state index contributed by atoms with van der Waals surface area (Å²) in [6, 6.07) is 5.50. The third-order valence-corrected chi connectivity index (χ3v) is 6.20. The molecule has 0 amide bonds. The van der Waals surface area contributed by atoms with Gasteiger partial charge in [-0.3, -0.25) is 4.40 Å². The Kier molecular flexibility index (Phi) is 6.35. The average molecular weight is 458 g/mol. The van der Waals surface area contributed by atoms with E-state index < -0.39 is 0 Å². The van der Waals surface area contributed by atoms with Crippen LogP contribution in [0.2, 0.25) is 0 Å². The van der Waals surface area contributed by atoms with Gasteiger partial charge in [0.15, 0.2) is 0 Å². The highest BCUT2D eigenvalue weighted by atomic mass is 15.1. The van der Waals surface area contributed by atoms with E-state index in [0.717, 1.165) is 46.8 Å². The smallest absolute Gasteiger partial charge is 0.223 e. The summed E-state index contributed by atoms with van der Waals surface area (Å²) in [5, 5.41) is 10.6. The van der Waals surface area contributed by atoms with Crippen molar-refractivity contribution in [2.24, 2.45) is 0 Å². The van der Waals surface area contributed by atoms with E-state index in [4.69, 9.17) is 4.98 Å². The van der Waals surface area contributed by atoms with Crippen molar-refractivity contribution in [1.29, 1.82) is 0 Å². The van der Waals surface area contributed by atoms with E-state index >= 15 is 0 Å². The van der Waals surface area contributed by atoms with Gasteiger partial charge >= 0.3 is 0 Å². The first kappa shape index (κ1) is 22.2. The largest absolute Gasteiger partial charge is 0.352 e. The average Bonchev–Trinajstić information content (AvgIpc) is 3.25. The van der Waals surface area contributed by atoms with E-state index in [1.54, 1.807) is 12.4 Å².